The second kappa shape index (κ2) is 11.3. The van der Waals surface area contributed by atoms with Gasteiger partial charge in [0.2, 0.25) is 0 Å². The van der Waals surface area contributed by atoms with E-state index in [1.54, 1.807) is 0 Å². The summed E-state index contributed by atoms with van der Waals surface area (Å²) in [6, 6.07) is 0. The second-order valence-electron chi connectivity index (χ2n) is 4.67. The fourth-order valence-corrected chi connectivity index (χ4v) is 4.28. The molecule has 8 heteroatoms. The van der Waals surface area contributed by atoms with Crippen molar-refractivity contribution in [3.63, 3.8) is 0 Å². The SMILES string of the molecule is BrCC1(CBr)COCOC1.OCC(CO)(CBr)CBr. The largest absolute Gasteiger partial charge is 0.396 e. The van der Waals surface area contributed by atoms with Gasteiger partial charge in [-0.2, -0.15) is 0 Å². The number of alkyl halides is 4. The first-order chi connectivity index (χ1) is 9.07. The molecule has 0 bridgehead atoms. The van der Waals surface area contributed by atoms with E-state index in [1.807, 2.05) is 0 Å². The third-order valence-electron chi connectivity index (χ3n) is 2.79. The van der Waals surface area contributed by atoms with Crippen molar-refractivity contribution in [2.24, 2.45) is 10.8 Å². The highest BCUT2D eigenvalue weighted by Crippen LogP contribution is 2.26. The van der Waals surface area contributed by atoms with Gasteiger partial charge < -0.3 is 19.7 Å². The van der Waals surface area contributed by atoms with E-state index in [0.717, 1.165) is 23.9 Å². The minimum Gasteiger partial charge on any atom is -0.396 e. The van der Waals surface area contributed by atoms with E-state index in [2.05, 4.69) is 63.7 Å². The Balaban J connectivity index is 0.000000344. The van der Waals surface area contributed by atoms with Gasteiger partial charge in [-0.15, -0.1) is 0 Å². The molecule has 116 valence electrons. The van der Waals surface area contributed by atoms with E-state index in [9.17, 15) is 0 Å². The van der Waals surface area contributed by atoms with Crippen LogP contribution in [0.1, 0.15) is 0 Å². The summed E-state index contributed by atoms with van der Waals surface area (Å²) >= 11 is 13.3. The van der Waals surface area contributed by atoms with Crippen molar-refractivity contribution < 1.29 is 19.7 Å². The van der Waals surface area contributed by atoms with Crippen molar-refractivity contribution in [3.8, 4) is 0 Å². The van der Waals surface area contributed by atoms with Crippen molar-refractivity contribution in [2.45, 2.75) is 0 Å². The van der Waals surface area contributed by atoms with Gasteiger partial charge in [0.25, 0.3) is 0 Å². The van der Waals surface area contributed by atoms with E-state index in [-0.39, 0.29) is 24.0 Å². The Bertz CT molecular complexity index is 197. The van der Waals surface area contributed by atoms with Crippen LogP contribution in [0.5, 0.6) is 0 Å². The van der Waals surface area contributed by atoms with Gasteiger partial charge >= 0.3 is 0 Å². The summed E-state index contributed by atoms with van der Waals surface area (Å²) in [6.07, 6.45) is 0. The molecule has 0 aliphatic carbocycles. The molecular formula is C11H20Br4O4. The van der Waals surface area contributed by atoms with Gasteiger partial charge in [-0.1, -0.05) is 63.7 Å². The van der Waals surface area contributed by atoms with E-state index in [4.69, 9.17) is 19.7 Å². The van der Waals surface area contributed by atoms with E-state index >= 15 is 0 Å². The lowest BCUT2D eigenvalue weighted by Gasteiger charge is -2.33. The summed E-state index contributed by atoms with van der Waals surface area (Å²) in [5, 5.41) is 20.6. The van der Waals surface area contributed by atoms with Crippen molar-refractivity contribution in [2.75, 3.05) is 54.5 Å². The second-order valence-corrected chi connectivity index (χ2v) is 6.91. The van der Waals surface area contributed by atoms with E-state index in [1.165, 1.54) is 0 Å². The first kappa shape index (κ1) is 20.8. The van der Waals surface area contributed by atoms with Crippen molar-refractivity contribution in [1.82, 2.24) is 0 Å². The smallest absolute Gasteiger partial charge is 0.146 e. The zero-order valence-corrected chi connectivity index (χ0v) is 16.9. The minimum absolute atomic E-state index is 0. The standard InChI is InChI=1S/C6H10Br2O2.C5H10Br2O2/c7-1-6(2-8)3-9-5-10-4-6;6-1-5(2-7,3-8)4-9/h1-5H2;8-9H,1-4H2. The molecule has 0 atom stereocenters. The minimum atomic E-state index is -0.389. The van der Waals surface area contributed by atoms with Crippen LogP contribution in [0.3, 0.4) is 0 Å². The fraction of sp³-hybridized carbons (Fsp3) is 1.00. The molecule has 2 N–H and O–H groups in total. The molecule has 1 aliphatic rings. The van der Waals surface area contributed by atoms with Crippen LogP contribution in [0.15, 0.2) is 0 Å². The van der Waals surface area contributed by atoms with Gasteiger partial charge in [0.1, 0.15) is 6.79 Å². The Labute approximate surface area is 148 Å². The lowest BCUT2D eigenvalue weighted by Crippen LogP contribution is -2.40. The molecule has 1 heterocycles. The normalized spacial score (nSPS) is 18.6. The van der Waals surface area contributed by atoms with Gasteiger partial charge in [0.05, 0.1) is 26.4 Å². The third kappa shape index (κ3) is 7.04. The molecule has 1 rings (SSSR count). The molecule has 0 unspecified atom stereocenters. The van der Waals surface area contributed by atoms with Crippen molar-refractivity contribution in [1.29, 1.82) is 0 Å². The number of hydrogen-bond donors (Lipinski definition) is 2. The third-order valence-corrected chi connectivity index (χ3v) is 7.55. The van der Waals surface area contributed by atoms with Crippen molar-refractivity contribution >= 4 is 63.7 Å². The molecule has 1 fully saturated rings. The summed E-state index contributed by atoms with van der Waals surface area (Å²) in [5.41, 5.74) is -0.238. The Morgan fingerprint density at radius 3 is 1.47 bits per heavy atom. The predicted molar refractivity (Wildman–Crippen MR) is 91.0 cm³/mol. The average Bonchev–Trinajstić information content (AvgIpc) is 2.51. The molecule has 0 aromatic rings. The molecular weight excluding hydrogens is 516 g/mol. The fourth-order valence-electron chi connectivity index (χ4n) is 1.06. The lowest BCUT2D eigenvalue weighted by atomic mass is 9.96. The number of rotatable bonds is 6. The number of hydrogen-bond acceptors (Lipinski definition) is 4. The topological polar surface area (TPSA) is 58.9 Å². The Morgan fingerprint density at radius 1 is 0.895 bits per heavy atom. The first-order valence-electron chi connectivity index (χ1n) is 5.68. The highest BCUT2D eigenvalue weighted by Gasteiger charge is 2.31. The molecule has 4 nitrogen and oxygen atoms in total. The summed E-state index contributed by atoms with van der Waals surface area (Å²) in [7, 11) is 0. The lowest BCUT2D eigenvalue weighted by molar-refractivity contribution is -0.149. The summed E-state index contributed by atoms with van der Waals surface area (Å²) in [4.78, 5) is 0. The van der Waals surface area contributed by atoms with Crippen LogP contribution in [0.4, 0.5) is 0 Å². The highest BCUT2D eigenvalue weighted by molar-refractivity contribution is 9.10. The van der Waals surface area contributed by atoms with Crippen LogP contribution in [0.25, 0.3) is 0 Å². The predicted octanol–water partition coefficient (Wildman–Crippen LogP) is 2.51. The highest BCUT2D eigenvalue weighted by atomic mass is 79.9. The van der Waals surface area contributed by atoms with Gasteiger partial charge in [-0.05, 0) is 0 Å². The van der Waals surface area contributed by atoms with Gasteiger partial charge in [-0.25, -0.2) is 0 Å². The van der Waals surface area contributed by atoms with Gasteiger partial charge in [-0.3, -0.25) is 0 Å². The first-order valence-corrected chi connectivity index (χ1v) is 10.2. The Hall–Kier alpha value is 1.76. The van der Waals surface area contributed by atoms with Crippen LogP contribution in [0, 0.1) is 10.8 Å². The maximum Gasteiger partial charge on any atom is 0.146 e. The molecule has 0 saturated carbocycles. The molecule has 1 saturated heterocycles. The molecule has 0 spiro atoms. The molecule has 0 amide bonds. The van der Waals surface area contributed by atoms with Crippen LogP contribution >= 0.6 is 63.7 Å². The van der Waals surface area contributed by atoms with Crippen molar-refractivity contribution in [3.05, 3.63) is 0 Å². The summed E-state index contributed by atoms with van der Waals surface area (Å²) in [5.74, 6) is 0. The van der Waals surface area contributed by atoms with E-state index < -0.39 is 0 Å². The average molecular weight is 536 g/mol. The van der Waals surface area contributed by atoms with Gasteiger partial charge in [0.15, 0.2) is 0 Å². The van der Waals surface area contributed by atoms with Crippen LogP contribution in [0.2, 0.25) is 0 Å². The number of ether oxygens (including phenoxy) is 2. The maximum absolute atomic E-state index is 8.76. The van der Waals surface area contributed by atoms with Crippen LogP contribution < -0.4 is 0 Å². The molecule has 0 aromatic heterocycles. The molecule has 19 heavy (non-hydrogen) atoms. The maximum atomic E-state index is 8.76. The number of aliphatic hydroxyl groups is 2. The molecule has 1 aliphatic heterocycles. The summed E-state index contributed by atoms with van der Waals surface area (Å²) in [6.45, 7) is 2.01. The van der Waals surface area contributed by atoms with Crippen LogP contribution in [-0.4, -0.2) is 64.8 Å². The number of halogens is 4. The summed E-state index contributed by atoms with van der Waals surface area (Å²) < 4.78 is 10.4. The molecule has 0 aromatic carbocycles. The van der Waals surface area contributed by atoms with Gasteiger partial charge in [0, 0.05) is 32.2 Å². The zero-order chi connectivity index (χ0) is 14.8. The molecule has 0 radical (unpaired) electrons. The Kier molecular flexibility index (Phi) is 12.4. The van der Waals surface area contributed by atoms with E-state index in [0.29, 0.717) is 17.5 Å². The Morgan fingerprint density at radius 2 is 1.32 bits per heavy atom. The van der Waals surface area contributed by atoms with Crippen LogP contribution in [-0.2, 0) is 9.47 Å². The number of aliphatic hydroxyl groups excluding tert-OH is 2. The monoisotopic (exact) mass is 532 g/mol. The zero-order valence-electron chi connectivity index (χ0n) is 10.6. The quantitative estimate of drug-likeness (QED) is 0.513.